The van der Waals surface area contributed by atoms with Gasteiger partial charge in [-0.3, -0.25) is 0 Å². The Labute approximate surface area is 124 Å². The van der Waals surface area contributed by atoms with E-state index in [-0.39, 0.29) is 125 Å². The van der Waals surface area contributed by atoms with Crippen molar-refractivity contribution in [1.82, 2.24) is 0 Å². The molecule has 0 fully saturated rings. The average molecular weight is 383 g/mol. The summed E-state index contributed by atoms with van der Waals surface area (Å²) in [5.74, 6) is 0. The molecule has 68 valence electrons. The number of hydrogen-bond acceptors (Lipinski definition) is 0. The molecule has 0 bridgehead atoms. The predicted octanol–water partition coefficient (Wildman–Crippen LogP) is 3.37. The Balaban J connectivity index is 0. The molecule has 0 saturated carbocycles. The molecule has 0 aliphatic heterocycles. The summed E-state index contributed by atoms with van der Waals surface area (Å²) in [7, 11) is 0. The van der Waals surface area contributed by atoms with Crippen LogP contribution in [0.1, 0.15) is 0 Å². The van der Waals surface area contributed by atoms with Gasteiger partial charge in [0.15, 0.2) is 0 Å². The van der Waals surface area contributed by atoms with Crippen LogP contribution in [-0.4, -0.2) is 0 Å². The van der Waals surface area contributed by atoms with Crippen molar-refractivity contribution in [1.29, 1.82) is 0 Å². The Kier molecular flexibility index (Phi) is 1890. The molecule has 0 rings (SSSR count). The third-order valence-corrected chi connectivity index (χ3v) is 0. The van der Waals surface area contributed by atoms with Crippen molar-refractivity contribution >= 4 is 99.3 Å². The fourth-order valence-electron chi connectivity index (χ4n) is 0. The molecule has 0 aromatic rings. The third-order valence-electron chi connectivity index (χ3n) is 0. The van der Waals surface area contributed by atoms with Gasteiger partial charge < -0.3 is 0 Å². The molecule has 0 radical (unpaired) electrons. The number of rotatable bonds is 0. The first-order valence-electron chi connectivity index (χ1n) is 0. The first-order chi connectivity index (χ1) is 0. The van der Waals surface area contributed by atoms with E-state index < -0.39 is 0 Å². The standard InChI is InChI=1S/8ClH.Zr/h8*1H;. The quantitative estimate of drug-likeness (QED) is 0.602. The normalized spacial score (nSPS) is 0. The molecule has 0 spiro atoms. The van der Waals surface area contributed by atoms with Crippen LogP contribution >= 0.6 is 99.3 Å². The molecule has 9 heavy (non-hydrogen) atoms. The van der Waals surface area contributed by atoms with Crippen LogP contribution in [-0.2, 0) is 26.2 Å². The smallest absolute Gasteiger partial charge is 0 e. The molecule has 9 heteroatoms. The van der Waals surface area contributed by atoms with Crippen molar-refractivity contribution in [2.75, 3.05) is 0 Å². The molecule has 0 unspecified atom stereocenters. The predicted molar refractivity (Wildman–Crippen MR) is 58.0 cm³/mol. The van der Waals surface area contributed by atoms with Gasteiger partial charge in [-0.2, -0.15) is 0 Å². The molecule has 0 saturated heterocycles. The van der Waals surface area contributed by atoms with E-state index >= 15 is 0 Å². The number of halogens is 8. The van der Waals surface area contributed by atoms with E-state index in [9.17, 15) is 0 Å². The first-order valence-corrected chi connectivity index (χ1v) is 0. The molecular formula is H8Cl8Zr. The van der Waals surface area contributed by atoms with Gasteiger partial charge in [-0.15, -0.1) is 99.3 Å². The summed E-state index contributed by atoms with van der Waals surface area (Å²) in [6, 6.07) is 0. The van der Waals surface area contributed by atoms with Crippen LogP contribution < -0.4 is 0 Å². The van der Waals surface area contributed by atoms with E-state index in [1.807, 2.05) is 0 Å². The molecular weight excluding hydrogens is 375 g/mol. The van der Waals surface area contributed by atoms with Gasteiger partial charge in [0.2, 0.25) is 0 Å². The van der Waals surface area contributed by atoms with Crippen LogP contribution in [0.2, 0.25) is 0 Å². The summed E-state index contributed by atoms with van der Waals surface area (Å²) in [4.78, 5) is 0. The fraction of sp³-hybridized carbons (Fsp3) is 0. The minimum atomic E-state index is 0. The van der Waals surface area contributed by atoms with Crippen LogP contribution in [0.5, 0.6) is 0 Å². The Morgan fingerprint density at radius 2 is 0.222 bits per heavy atom. The van der Waals surface area contributed by atoms with Gasteiger partial charge >= 0.3 is 0 Å². The van der Waals surface area contributed by atoms with Crippen LogP contribution in [0, 0.1) is 0 Å². The maximum absolute atomic E-state index is 0. The van der Waals surface area contributed by atoms with Gasteiger partial charge in [-0.25, -0.2) is 0 Å². The summed E-state index contributed by atoms with van der Waals surface area (Å²) >= 11 is 0. The molecule has 0 aliphatic rings. The van der Waals surface area contributed by atoms with Crippen LogP contribution in [0.4, 0.5) is 0 Å². The van der Waals surface area contributed by atoms with Gasteiger partial charge in [-0.1, -0.05) is 0 Å². The Hall–Kier alpha value is 3.20. The summed E-state index contributed by atoms with van der Waals surface area (Å²) in [6.07, 6.45) is 0. The zero-order valence-corrected chi connectivity index (χ0v) is 12.8. The summed E-state index contributed by atoms with van der Waals surface area (Å²) in [6.45, 7) is 0. The van der Waals surface area contributed by atoms with Gasteiger partial charge in [0.1, 0.15) is 0 Å². The van der Waals surface area contributed by atoms with E-state index in [1.165, 1.54) is 0 Å². The summed E-state index contributed by atoms with van der Waals surface area (Å²) in [5, 5.41) is 0. The van der Waals surface area contributed by atoms with Crippen molar-refractivity contribution in [3.63, 3.8) is 0 Å². The van der Waals surface area contributed by atoms with Crippen molar-refractivity contribution in [3.8, 4) is 0 Å². The SMILES string of the molecule is Cl.Cl.Cl.Cl.Cl.Cl.Cl.Cl.[Zr]. The average Bonchev–Trinajstić information content (AvgIpc) is 0. The summed E-state index contributed by atoms with van der Waals surface area (Å²) in [5.41, 5.74) is 0. The van der Waals surface area contributed by atoms with Crippen molar-refractivity contribution in [3.05, 3.63) is 0 Å². The van der Waals surface area contributed by atoms with E-state index in [4.69, 9.17) is 0 Å². The second-order valence-electron chi connectivity index (χ2n) is 0. The third kappa shape index (κ3) is 92.5. The molecule has 0 heterocycles. The van der Waals surface area contributed by atoms with Crippen molar-refractivity contribution in [2.45, 2.75) is 0 Å². The zero-order chi connectivity index (χ0) is 0. The minimum absolute atomic E-state index is 0. The molecule has 0 aromatic carbocycles. The van der Waals surface area contributed by atoms with E-state index in [1.54, 1.807) is 0 Å². The maximum Gasteiger partial charge on any atom is 0 e. The van der Waals surface area contributed by atoms with Crippen LogP contribution in [0.15, 0.2) is 0 Å². The maximum atomic E-state index is 0. The van der Waals surface area contributed by atoms with Crippen LogP contribution in [0.25, 0.3) is 0 Å². The van der Waals surface area contributed by atoms with Gasteiger partial charge in [0.25, 0.3) is 0 Å². The number of hydrogen-bond donors (Lipinski definition) is 0. The molecule has 0 aromatic heterocycles. The van der Waals surface area contributed by atoms with E-state index in [0.717, 1.165) is 0 Å². The fourth-order valence-corrected chi connectivity index (χ4v) is 0. The van der Waals surface area contributed by atoms with Crippen LogP contribution in [0.3, 0.4) is 0 Å². The van der Waals surface area contributed by atoms with Gasteiger partial charge in [-0.05, 0) is 0 Å². The molecule has 0 nitrogen and oxygen atoms in total. The molecule has 0 atom stereocenters. The van der Waals surface area contributed by atoms with Gasteiger partial charge in [0, 0.05) is 26.2 Å². The molecule has 0 amide bonds. The second-order valence-corrected chi connectivity index (χ2v) is 0. The van der Waals surface area contributed by atoms with E-state index in [2.05, 4.69) is 0 Å². The largest absolute Gasteiger partial charge is 0.147 e. The monoisotopic (exact) mass is 378 g/mol. The molecule has 0 aliphatic carbocycles. The Bertz CT molecular complexity index is 4.53. The minimum Gasteiger partial charge on any atom is -0.147 e. The van der Waals surface area contributed by atoms with Crippen molar-refractivity contribution < 1.29 is 26.2 Å². The van der Waals surface area contributed by atoms with Gasteiger partial charge in [0.05, 0.1) is 0 Å². The Morgan fingerprint density at radius 1 is 0.222 bits per heavy atom. The van der Waals surface area contributed by atoms with E-state index in [0.29, 0.717) is 0 Å². The Morgan fingerprint density at radius 3 is 0.222 bits per heavy atom. The zero-order valence-electron chi connectivity index (χ0n) is 3.77. The second kappa shape index (κ2) is 114. The van der Waals surface area contributed by atoms with Crippen molar-refractivity contribution in [2.24, 2.45) is 0 Å². The first kappa shape index (κ1) is 149. The summed E-state index contributed by atoms with van der Waals surface area (Å²) < 4.78 is 0. The topological polar surface area (TPSA) is 0 Å². The molecule has 0 N–H and O–H groups in total.